The number of ether oxygens (including phenoxy) is 1. The molecule has 0 aliphatic carbocycles. The minimum atomic E-state index is -0.284. The molecule has 1 aromatic carbocycles. The Morgan fingerprint density at radius 1 is 1.33 bits per heavy atom. The fourth-order valence-corrected chi connectivity index (χ4v) is 1.99. The summed E-state index contributed by atoms with van der Waals surface area (Å²) in [6.07, 6.45) is 2.89. The summed E-state index contributed by atoms with van der Waals surface area (Å²) in [7, 11) is 0. The molecule has 118 valence electrons. The summed E-state index contributed by atoms with van der Waals surface area (Å²) in [5.41, 5.74) is 7.04. The SMILES string of the molecule is CCC(N)(CC)CNC(=O)CCCOc1cccc(C)c1. The van der Waals surface area contributed by atoms with Crippen LogP contribution in [0.15, 0.2) is 24.3 Å². The van der Waals surface area contributed by atoms with Crippen molar-refractivity contribution < 1.29 is 9.53 Å². The van der Waals surface area contributed by atoms with E-state index in [2.05, 4.69) is 5.32 Å². The molecule has 1 rings (SSSR count). The maximum Gasteiger partial charge on any atom is 0.220 e. The Hall–Kier alpha value is -1.55. The fraction of sp³-hybridized carbons (Fsp3) is 0.588. The molecular weight excluding hydrogens is 264 g/mol. The van der Waals surface area contributed by atoms with Crippen molar-refractivity contribution in [3.05, 3.63) is 29.8 Å². The van der Waals surface area contributed by atoms with Gasteiger partial charge in [0.2, 0.25) is 5.91 Å². The van der Waals surface area contributed by atoms with Gasteiger partial charge in [0.25, 0.3) is 0 Å². The highest BCUT2D eigenvalue weighted by Crippen LogP contribution is 2.13. The molecule has 0 saturated heterocycles. The van der Waals surface area contributed by atoms with Gasteiger partial charge in [-0.3, -0.25) is 4.79 Å². The lowest BCUT2D eigenvalue weighted by atomic mass is 9.94. The van der Waals surface area contributed by atoms with Crippen molar-refractivity contribution in [1.29, 1.82) is 0 Å². The third-order valence-corrected chi connectivity index (χ3v) is 3.85. The van der Waals surface area contributed by atoms with Crippen LogP contribution in [0.1, 0.15) is 45.1 Å². The normalized spacial score (nSPS) is 11.2. The van der Waals surface area contributed by atoms with E-state index in [1.165, 1.54) is 5.56 Å². The Morgan fingerprint density at radius 2 is 2.05 bits per heavy atom. The number of carbonyl (C=O) groups excluding carboxylic acids is 1. The van der Waals surface area contributed by atoms with Crippen LogP contribution in [0.5, 0.6) is 5.75 Å². The Kier molecular flexibility index (Phi) is 7.23. The first-order chi connectivity index (χ1) is 9.99. The van der Waals surface area contributed by atoms with Gasteiger partial charge in [0.15, 0.2) is 0 Å². The Morgan fingerprint density at radius 3 is 2.67 bits per heavy atom. The molecule has 0 radical (unpaired) electrons. The smallest absolute Gasteiger partial charge is 0.220 e. The average Bonchev–Trinajstić information content (AvgIpc) is 2.49. The van der Waals surface area contributed by atoms with Crippen LogP contribution in [-0.4, -0.2) is 24.6 Å². The highest BCUT2D eigenvalue weighted by atomic mass is 16.5. The monoisotopic (exact) mass is 292 g/mol. The molecule has 0 heterocycles. The van der Waals surface area contributed by atoms with Gasteiger partial charge in [-0.1, -0.05) is 26.0 Å². The molecule has 0 atom stereocenters. The predicted molar refractivity (Wildman–Crippen MR) is 86.4 cm³/mol. The van der Waals surface area contributed by atoms with Gasteiger partial charge in [-0.15, -0.1) is 0 Å². The second-order valence-corrected chi connectivity index (χ2v) is 5.61. The number of amides is 1. The van der Waals surface area contributed by atoms with Gasteiger partial charge in [-0.05, 0) is 43.9 Å². The van der Waals surface area contributed by atoms with Gasteiger partial charge in [0.1, 0.15) is 5.75 Å². The van der Waals surface area contributed by atoms with Crippen molar-refractivity contribution in [2.24, 2.45) is 5.73 Å². The summed E-state index contributed by atoms with van der Waals surface area (Å²) in [5, 5.41) is 2.91. The lowest BCUT2D eigenvalue weighted by Gasteiger charge is -2.26. The van der Waals surface area contributed by atoms with Crippen LogP contribution in [0.2, 0.25) is 0 Å². The minimum Gasteiger partial charge on any atom is -0.494 e. The van der Waals surface area contributed by atoms with Crippen molar-refractivity contribution >= 4 is 5.91 Å². The quantitative estimate of drug-likeness (QED) is 0.688. The van der Waals surface area contributed by atoms with Crippen LogP contribution in [0, 0.1) is 6.92 Å². The van der Waals surface area contributed by atoms with E-state index in [1.807, 2.05) is 45.0 Å². The van der Waals surface area contributed by atoms with Gasteiger partial charge in [-0.2, -0.15) is 0 Å². The first-order valence-electron chi connectivity index (χ1n) is 7.74. The summed E-state index contributed by atoms with van der Waals surface area (Å²) in [5.74, 6) is 0.896. The van der Waals surface area contributed by atoms with E-state index in [-0.39, 0.29) is 11.4 Å². The number of nitrogens with two attached hydrogens (primary N) is 1. The zero-order valence-electron chi connectivity index (χ0n) is 13.4. The number of carbonyl (C=O) groups is 1. The van der Waals surface area contributed by atoms with Crippen LogP contribution >= 0.6 is 0 Å². The highest BCUT2D eigenvalue weighted by molar-refractivity contribution is 5.75. The van der Waals surface area contributed by atoms with Crippen LogP contribution in [0.25, 0.3) is 0 Å². The van der Waals surface area contributed by atoms with Crippen molar-refractivity contribution in [2.45, 2.75) is 52.0 Å². The second kappa shape index (κ2) is 8.67. The summed E-state index contributed by atoms with van der Waals surface area (Å²) >= 11 is 0. The van der Waals surface area contributed by atoms with E-state index in [9.17, 15) is 4.79 Å². The Balaban J connectivity index is 2.19. The average molecular weight is 292 g/mol. The summed E-state index contributed by atoms with van der Waals surface area (Å²) in [6.45, 7) is 7.21. The molecule has 1 aromatic rings. The topological polar surface area (TPSA) is 64.3 Å². The third kappa shape index (κ3) is 6.63. The number of benzene rings is 1. The zero-order chi connectivity index (χ0) is 15.7. The standard InChI is InChI=1S/C17H28N2O2/c1-4-17(18,5-2)13-19-16(20)10-7-11-21-15-9-6-8-14(3)12-15/h6,8-9,12H,4-5,7,10-11,13,18H2,1-3H3,(H,19,20). The Bertz CT molecular complexity index is 442. The molecule has 0 bridgehead atoms. The molecular formula is C17H28N2O2. The van der Waals surface area contributed by atoms with Crippen molar-refractivity contribution in [1.82, 2.24) is 5.32 Å². The lowest BCUT2D eigenvalue weighted by Crippen LogP contribution is -2.49. The van der Waals surface area contributed by atoms with Gasteiger partial charge >= 0.3 is 0 Å². The largest absolute Gasteiger partial charge is 0.494 e. The summed E-state index contributed by atoms with van der Waals surface area (Å²) < 4.78 is 5.62. The van der Waals surface area contributed by atoms with Crippen LogP contribution in [-0.2, 0) is 4.79 Å². The molecule has 0 aliphatic rings. The number of hydrogen-bond donors (Lipinski definition) is 2. The third-order valence-electron chi connectivity index (χ3n) is 3.85. The molecule has 4 heteroatoms. The van der Waals surface area contributed by atoms with E-state index in [0.29, 0.717) is 26.0 Å². The summed E-state index contributed by atoms with van der Waals surface area (Å²) in [6, 6.07) is 7.91. The molecule has 0 saturated carbocycles. The zero-order valence-corrected chi connectivity index (χ0v) is 13.4. The minimum absolute atomic E-state index is 0.0413. The van der Waals surface area contributed by atoms with E-state index in [4.69, 9.17) is 10.5 Å². The molecule has 1 amide bonds. The maximum atomic E-state index is 11.8. The molecule has 21 heavy (non-hydrogen) atoms. The maximum absolute atomic E-state index is 11.8. The first-order valence-corrected chi connectivity index (χ1v) is 7.74. The Labute approximate surface area is 128 Å². The molecule has 0 unspecified atom stereocenters. The molecule has 0 spiro atoms. The number of aryl methyl sites for hydroxylation is 1. The molecule has 0 aromatic heterocycles. The van der Waals surface area contributed by atoms with E-state index in [0.717, 1.165) is 18.6 Å². The van der Waals surface area contributed by atoms with Crippen LogP contribution in [0.3, 0.4) is 0 Å². The van der Waals surface area contributed by atoms with Gasteiger partial charge in [0.05, 0.1) is 6.61 Å². The van der Waals surface area contributed by atoms with E-state index >= 15 is 0 Å². The lowest BCUT2D eigenvalue weighted by molar-refractivity contribution is -0.121. The van der Waals surface area contributed by atoms with Gasteiger partial charge in [0, 0.05) is 18.5 Å². The molecule has 0 aliphatic heterocycles. The van der Waals surface area contributed by atoms with Crippen molar-refractivity contribution in [3.63, 3.8) is 0 Å². The number of hydrogen-bond acceptors (Lipinski definition) is 3. The molecule has 3 N–H and O–H groups in total. The molecule has 4 nitrogen and oxygen atoms in total. The summed E-state index contributed by atoms with van der Waals surface area (Å²) in [4.78, 5) is 11.8. The van der Waals surface area contributed by atoms with Crippen LogP contribution in [0.4, 0.5) is 0 Å². The second-order valence-electron chi connectivity index (χ2n) is 5.61. The van der Waals surface area contributed by atoms with E-state index in [1.54, 1.807) is 0 Å². The van der Waals surface area contributed by atoms with Crippen LogP contribution < -0.4 is 15.8 Å². The fourth-order valence-electron chi connectivity index (χ4n) is 1.99. The number of nitrogens with one attached hydrogen (secondary N) is 1. The van der Waals surface area contributed by atoms with Gasteiger partial charge < -0.3 is 15.8 Å². The highest BCUT2D eigenvalue weighted by Gasteiger charge is 2.20. The molecule has 0 fully saturated rings. The van der Waals surface area contributed by atoms with Crippen molar-refractivity contribution in [2.75, 3.05) is 13.2 Å². The number of rotatable bonds is 9. The van der Waals surface area contributed by atoms with Crippen molar-refractivity contribution in [3.8, 4) is 5.75 Å². The predicted octanol–water partition coefficient (Wildman–Crippen LogP) is 2.79. The first kappa shape index (κ1) is 17.5. The van der Waals surface area contributed by atoms with Gasteiger partial charge in [-0.25, -0.2) is 0 Å². The van der Waals surface area contributed by atoms with E-state index < -0.39 is 0 Å².